The highest BCUT2D eigenvalue weighted by atomic mass is 35.5. The van der Waals surface area contributed by atoms with Gasteiger partial charge in [0.2, 0.25) is 0 Å². The van der Waals surface area contributed by atoms with E-state index in [1.165, 1.54) is 18.9 Å². The maximum Gasteiger partial charge on any atom is 0.341 e. The van der Waals surface area contributed by atoms with Gasteiger partial charge in [0.05, 0.1) is 31.2 Å². The molecule has 152 valence electrons. The van der Waals surface area contributed by atoms with Crippen LogP contribution in [0.4, 0.5) is 0 Å². The first-order valence-electron chi connectivity index (χ1n) is 9.07. The zero-order chi connectivity index (χ0) is 21.4. The van der Waals surface area contributed by atoms with Crippen molar-refractivity contribution in [2.24, 2.45) is 0 Å². The average molecular weight is 424 g/mol. The van der Waals surface area contributed by atoms with Crippen molar-refractivity contribution >= 4 is 17.6 Å². The summed E-state index contributed by atoms with van der Waals surface area (Å²) in [7, 11) is 2.81. The van der Waals surface area contributed by atoms with Gasteiger partial charge in [0, 0.05) is 17.4 Å². The number of pyridine rings is 1. The Morgan fingerprint density at radius 3 is 2.60 bits per heavy atom. The van der Waals surface area contributed by atoms with Gasteiger partial charge in [0.15, 0.2) is 0 Å². The molecule has 30 heavy (non-hydrogen) atoms. The van der Waals surface area contributed by atoms with Crippen LogP contribution in [0.2, 0.25) is 5.02 Å². The molecule has 4 rings (SSSR count). The fourth-order valence-electron chi connectivity index (χ4n) is 3.30. The summed E-state index contributed by atoms with van der Waals surface area (Å²) >= 11 is 6.16. The van der Waals surface area contributed by atoms with Crippen molar-refractivity contribution in [2.75, 3.05) is 14.2 Å². The molecule has 0 fully saturated rings. The second-order valence-electron chi connectivity index (χ2n) is 6.71. The first kappa shape index (κ1) is 19.7. The Labute approximate surface area is 177 Å². The maximum atomic E-state index is 13.2. The SMILES string of the molecule is COC(=O)c1cn(-c2cc(Cl)ccc2OC)cc2c(=O)n(-c3cccc(C)c3)nc1-2. The van der Waals surface area contributed by atoms with Crippen molar-refractivity contribution in [1.82, 2.24) is 14.3 Å². The van der Waals surface area contributed by atoms with E-state index >= 15 is 0 Å². The number of carbonyl (C=O) groups excluding carboxylic acids is 1. The van der Waals surface area contributed by atoms with Crippen LogP contribution in [0.1, 0.15) is 15.9 Å². The molecule has 8 heteroatoms. The number of halogens is 1. The Kier molecular flexibility index (Phi) is 5.05. The number of aromatic nitrogens is 3. The second kappa shape index (κ2) is 7.68. The summed E-state index contributed by atoms with van der Waals surface area (Å²) in [5.74, 6) is -0.0812. The van der Waals surface area contributed by atoms with Crippen LogP contribution in [0.5, 0.6) is 5.75 Å². The third-order valence-electron chi connectivity index (χ3n) is 4.74. The molecule has 0 radical (unpaired) electrons. The van der Waals surface area contributed by atoms with Crippen LogP contribution < -0.4 is 10.3 Å². The van der Waals surface area contributed by atoms with Gasteiger partial charge in [-0.25, -0.2) is 4.79 Å². The number of esters is 1. The van der Waals surface area contributed by atoms with Crippen molar-refractivity contribution in [3.8, 4) is 28.4 Å². The molecule has 0 amide bonds. The Hall–Kier alpha value is -3.58. The monoisotopic (exact) mass is 423 g/mol. The van der Waals surface area contributed by atoms with Crippen LogP contribution in [-0.4, -0.2) is 34.5 Å². The predicted molar refractivity (Wildman–Crippen MR) is 113 cm³/mol. The zero-order valence-electron chi connectivity index (χ0n) is 16.5. The molecule has 2 aromatic rings. The van der Waals surface area contributed by atoms with E-state index in [1.54, 1.807) is 41.2 Å². The lowest BCUT2D eigenvalue weighted by Gasteiger charge is -2.15. The van der Waals surface area contributed by atoms with Gasteiger partial charge in [0.1, 0.15) is 17.0 Å². The molecule has 2 aliphatic heterocycles. The normalized spacial score (nSPS) is 10.9. The van der Waals surface area contributed by atoms with E-state index in [0.29, 0.717) is 22.1 Å². The number of hydrogen-bond acceptors (Lipinski definition) is 5. The average Bonchev–Trinajstić information content (AvgIpc) is 3.09. The highest BCUT2D eigenvalue weighted by molar-refractivity contribution is 6.30. The number of fused-ring (bicyclic) bond motifs is 1. The van der Waals surface area contributed by atoms with E-state index in [0.717, 1.165) is 5.56 Å². The molecule has 0 saturated heterocycles. The first-order valence-corrected chi connectivity index (χ1v) is 9.45. The summed E-state index contributed by atoms with van der Waals surface area (Å²) in [4.78, 5) is 25.7. The van der Waals surface area contributed by atoms with Gasteiger partial charge in [-0.05, 0) is 42.8 Å². The number of benzene rings is 2. The number of nitrogens with zero attached hydrogens (tertiary/aromatic N) is 3. The van der Waals surface area contributed by atoms with E-state index in [4.69, 9.17) is 21.1 Å². The number of aryl methyl sites for hydroxylation is 1. The predicted octanol–water partition coefficient (Wildman–Crippen LogP) is 3.89. The van der Waals surface area contributed by atoms with Gasteiger partial charge in [0.25, 0.3) is 5.56 Å². The summed E-state index contributed by atoms with van der Waals surface area (Å²) in [6.07, 6.45) is 3.16. The number of hydrogen-bond donors (Lipinski definition) is 0. The molecule has 0 unspecified atom stereocenters. The minimum atomic E-state index is -0.607. The van der Waals surface area contributed by atoms with Gasteiger partial charge < -0.3 is 14.0 Å². The molecule has 0 N–H and O–H groups in total. The van der Waals surface area contributed by atoms with Gasteiger partial charge in [-0.2, -0.15) is 9.78 Å². The molecule has 2 aromatic carbocycles. The third kappa shape index (κ3) is 3.33. The van der Waals surface area contributed by atoms with Crippen molar-refractivity contribution in [3.63, 3.8) is 0 Å². The minimum Gasteiger partial charge on any atom is -0.495 e. The van der Waals surface area contributed by atoms with Crippen LogP contribution in [0.15, 0.2) is 59.7 Å². The van der Waals surface area contributed by atoms with Crippen LogP contribution in [0.3, 0.4) is 0 Å². The molecule has 7 nitrogen and oxygen atoms in total. The number of ether oxygens (including phenoxy) is 2. The third-order valence-corrected chi connectivity index (χ3v) is 4.98. The summed E-state index contributed by atoms with van der Waals surface area (Å²) in [5.41, 5.74) is 2.49. The summed E-state index contributed by atoms with van der Waals surface area (Å²) in [6.45, 7) is 1.93. The van der Waals surface area contributed by atoms with Gasteiger partial charge in [-0.15, -0.1) is 0 Å². The van der Waals surface area contributed by atoms with Crippen LogP contribution in [-0.2, 0) is 4.74 Å². The summed E-state index contributed by atoms with van der Waals surface area (Å²) in [6, 6.07) is 12.5. The topological polar surface area (TPSA) is 75.3 Å². The van der Waals surface area contributed by atoms with Gasteiger partial charge in [-0.3, -0.25) is 4.79 Å². The van der Waals surface area contributed by atoms with Crippen molar-refractivity contribution < 1.29 is 14.3 Å². The lowest BCUT2D eigenvalue weighted by atomic mass is 10.1. The largest absolute Gasteiger partial charge is 0.495 e. The molecule has 0 aromatic heterocycles. The lowest BCUT2D eigenvalue weighted by Crippen LogP contribution is -2.15. The van der Waals surface area contributed by atoms with Crippen molar-refractivity contribution in [3.05, 3.63) is 81.4 Å². The molecular formula is C22H18ClN3O4. The molecule has 0 atom stereocenters. The smallest absolute Gasteiger partial charge is 0.341 e. The van der Waals surface area contributed by atoms with Gasteiger partial charge in [-0.1, -0.05) is 23.7 Å². The van der Waals surface area contributed by atoms with Crippen molar-refractivity contribution in [2.45, 2.75) is 6.92 Å². The van der Waals surface area contributed by atoms with Crippen LogP contribution in [0, 0.1) is 6.92 Å². The molecular weight excluding hydrogens is 406 g/mol. The van der Waals surface area contributed by atoms with E-state index in [9.17, 15) is 9.59 Å². The summed E-state index contributed by atoms with van der Waals surface area (Å²) < 4.78 is 13.2. The molecule has 2 aliphatic rings. The Morgan fingerprint density at radius 1 is 1.10 bits per heavy atom. The highest BCUT2D eigenvalue weighted by Crippen LogP contribution is 2.30. The number of rotatable bonds is 4. The molecule has 2 heterocycles. The zero-order valence-corrected chi connectivity index (χ0v) is 17.3. The van der Waals surface area contributed by atoms with Crippen LogP contribution >= 0.6 is 11.6 Å². The van der Waals surface area contributed by atoms with Crippen LogP contribution in [0.25, 0.3) is 22.6 Å². The second-order valence-corrected chi connectivity index (χ2v) is 7.14. The van der Waals surface area contributed by atoms with Crippen molar-refractivity contribution in [1.29, 1.82) is 0 Å². The molecule has 0 aliphatic carbocycles. The first-order chi connectivity index (χ1) is 14.4. The van der Waals surface area contributed by atoms with E-state index in [2.05, 4.69) is 5.10 Å². The fourth-order valence-corrected chi connectivity index (χ4v) is 3.47. The fraction of sp³-hybridized carbons (Fsp3) is 0.136. The Morgan fingerprint density at radius 2 is 1.90 bits per heavy atom. The lowest BCUT2D eigenvalue weighted by molar-refractivity contribution is 0.0600. The minimum absolute atomic E-state index is 0.153. The standard InChI is InChI=1S/C22H18ClN3O4/c1-13-5-4-6-15(9-13)26-21(27)16-11-25(12-17(20(16)24-26)22(28)30-3)18-10-14(23)7-8-19(18)29-2/h4-12H,1-3H3. The number of methoxy groups -OCH3 is 2. The highest BCUT2D eigenvalue weighted by Gasteiger charge is 2.26. The quantitative estimate of drug-likeness (QED) is 0.465. The summed E-state index contributed by atoms with van der Waals surface area (Å²) in [5, 5.41) is 4.90. The number of carbonyl (C=O) groups is 1. The molecule has 0 bridgehead atoms. The van der Waals surface area contributed by atoms with E-state index < -0.39 is 5.97 Å². The van der Waals surface area contributed by atoms with E-state index in [-0.39, 0.29) is 22.4 Å². The Bertz CT molecular complexity index is 1290. The maximum absolute atomic E-state index is 13.2. The molecule has 0 saturated carbocycles. The van der Waals surface area contributed by atoms with E-state index in [1.807, 2.05) is 25.1 Å². The molecule has 0 spiro atoms. The Balaban J connectivity index is 2.03. The van der Waals surface area contributed by atoms with Gasteiger partial charge >= 0.3 is 5.97 Å².